The molecular weight excluding hydrogens is 413 g/mol. The van der Waals surface area contributed by atoms with Crippen molar-refractivity contribution in [3.8, 4) is 11.4 Å². The Labute approximate surface area is 164 Å². The second-order valence-electron chi connectivity index (χ2n) is 5.89. The van der Waals surface area contributed by atoms with E-state index in [4.69, 9.17) is 0 Å². The van der Waals surface area contributed by atoms with E-state index in [1.165, 1.54) is 22.8 Å². The van der Waals surface area contributed by atoms with Crippen LogP contribution < -0.4 is 10.9 Å². The van der Waals surface area contributed by atoms with Gasteiger partial charge in [0.25, 0.3) is 5.56 Å². The third-order valence-corrected chi connectivity index (χ3v) is 4.46. The Balaban J connectivity index is 1.94. The van der Waals surface area contributed by atoms with Crippen LogP contribution in [0.1, 0.15) is 12.6 Å². The molecule has 1 amide bonds. The van der Waals surface area contributed by atoms with Crippen molar-refractivity contribution in [3.05, 3.63) is 80.9 Å². The molecule has 5 nitrogen and oxygen atoms in total. The van der Waals surface area contributed by atoms with Crippen molar-refractivity contribution < 1.29 is 9.18 Å². The van der Waals surface area contributed by atoms with Crippen LogP contribution in [0.25, 0.3) is 11.4 Å². The Morgan fingerprint density at radius 3 is 2.59 bits per heavy atom. The molecule has 27 heavy (non-hydrogen) atoms. The molecule has 3 aromatic rings. The maximum atomic E-state index is 13.9. The molecule has 0 saturated heterocycles. The molecule has 1 N–H and O–H groups in total. The normalized spacial score (nSPS) is 10.6. The van der Waals surface area contributed by atoms with Crippen LogP contribution in [0.2, 0.25) is 0 Å². The van der Waals surface area contributed by atoms with E-state index in [1.807, 2.05) is 37.3 Å². The molecule has 138 valence electrons. The van der Waals surface area contributed by atoms with Gasteiger partial charge in [-0.25, -0.2) is 9.37 Å². The molecule has 7 heteroatoms. The van der Waals surface area contributed by atoms with Gasteiger partial charge < -0.3 is 5.32 Å². The summed E-state index contributed by atoms with van der Waals surface area (Å²) in [5, 5.41) is 2.50. The molecular formula is C20H17BrFN3O2. The van der Waals surface area contributed by atoms with Crippen molar-refractivity contribution in [1.29, 1.82) is 0 Å². The Bertz CT molecular complexity index is 1040. The number of carbonyl (C=O) groups is 1. The van der Waals surface area contributed by atoms with Crippen LogP contribution in [0.4, 0.5) is 10.1 Å². The number of carbonyl (C=O) groups excluding carboxylic acids is 1. The van der Waals surface area contributed by atoms with Gasteiger partial charge in [0, 0.05) is 21.8 Å². The van der Waals surface area contributed by atoms with Crippen LogP contribution in [-0.4, -0.2) is 15.5 Å². The molecule has 0 radical (unpaired) electrons. The number of hydrogen-bond donors (Lipinski definition) is 1. The summed E-state index contributed by atoms with van der Waals surface area (Å²) in [6.07, 6.45) is 0.603. The predicted octanol–water partition coefficient (Wildman–Crippen LogP) is 4.01. The lowest BCUT2D eigenvalue weighted by molar-refractivity contribution is -0.116. The van der Waals surface area contributed by atoms with Gasteiger partial charge >= 0.3 is 0 Å². The summed E-state index contributed by atoms with van der Waals surface area (Å²) in [5.74, 6) is -0.666. The average Bonchev–Trinajstić information content (AvgIpc) is 2.66. The monoisotopic (exact) mass is 429 g/mol. The molecule has 0 unspecified atom stereocenters. The fourth-order valence-electron chi connectivity index (χ4n) is 2.62. The number of aromatic nitrogens is 2. The van der Waals surface area contributed by atoms with Crippen molar-refractivity contribution in [2.45, 2.75) is 19.9 Å². The number of rotatable bonds is 5. The Kier molecular flexibility index (Phi) is 5.81. The standard InChI is InChI=1S/C20H17BrFN3O2/c1-2-15-11-19(27)25(20(23-15)13-6-4-3-5-7-13)12-18(26)24-17-9-8-14(21)10-16(17)22/h3-11H,2,12H2,1H3,(H,24,26). The van der Waals surface area contributed by atoms with E-state index in [0.717, 1.165) is 5.56 Å². The number of nitrogens with zero attached hydrogens (tertiary/aromatic N) is 2. The first-order chi connectivity index (χ1) is 13.0. The number of amides is 1. The number of hydrogen-bond acceptors (Lipinski definition) is 3. The highest BCUT2D eigenvalue weighted by Crippen LogP contribution is 2.20. The van der Waals surface area contributed by atoms with Crippen molar-refractivity contribution in [1.82, 2.24) is 9.55 Å². The van der Waals surface area contributed by atoms with Crippen molar-refractivity contribution in [2.75, 3.05) is 5.32 Å². The second kappa shape index (κ2) is 8.26. The van der Waals surface area contributed by atoms with Gasteiger partial charge in [-0.05, 0) is 24.6 Å². The minimum absolute atomic E-state index is 0.0515. The van der Waals surface area contributed by atoms with Gasteiger partial charge in [0.2, 0.25) is 5.91 Å². The fourth-order valence-corrected chi connectivity index (χ4v) is 2.95. The molecule has 0 saturated carbocycles. The lowest BCUT2D eigenvalue weighted by atomic mass is 10.2. The molecule has 3 rings (SSSR count). The van der Waals surface area contributed by atoms with Crippen LogP contribution in [-0.2, 0) is 17.8 Å². The summed E-state index contributed by atoms with van der Waals surface area (Å²) in [7, 11) is 0. The van der Waals surface area contributed by atoms with Crippen molar-refractivity contribution in [3.63, 3.8) is 0 Å². The zero-order valence-corrected chi connectivity index (χ0v) is 16.2. The van der Waals surface area contributed by atoms with E-state index >= 15 is 0 Å². The van der Waals surface area contributed by atoms with Gasteiger partial charge in [0.15, 0.2) is 0 Å². The van der Waals surface area contributed by atoms with Gasteiger partial charge in [-0.1, -0.05) is 53.2 Å². The molecule has 0 bridgehead atoms. The molecule has 0 fully saturated rings. The Morgan fingerprint density at radius 1 is 1.19 bits per heavy atom. The van der Waals surface area contributed by atoms with Crippen molar-refractivity contribution in [2.24, 2.45) is 0 Å². The maximum absolute atomic E-state index is 13.9. The predicted molar refractivity (Wildman–Crippen MR) is 106 cm³/mol. The summed E-state index contributed by atoms with van der Waals surface area (Å²) >= 11 is 3.17. The molecule has 0 aliphatic heterocycles. The number of aryl methyl sites for hydroxylation is 1. The minimum atomic E-state index is -0.562. The lowest BCUT2D eigenvalue weighted by Gasteiger charge is -2.14. The highest BCUT2D eigenvalue weighted by molar-refractivity contribution is 9.10. The van der Waals surface area contributed by atoms with Gasteiger partial charge in [0.1, 0.15) is 18.2 Å². The van der Waals surface area contributed by atoms with E-state index < -0.39 is 11.7 Å². The van der Waals surface area contributed by atoms with E-state index in [0.29, 0.717) is 22.4 Å². The Morgan fingerprint density at radius 2 is 1.93 bits per heavy atom. The fraction of sp³-hybridized carbons (Fsp3) is 0.150. The minimum Gasteiger partial charge on any atom is -0.322 e. The van der Waals surface area contributed by atoms with E-state index in [2.05, 4.69) is 26.2 Å². The number of benzene rings is 2. The maximum Gasteiger partial charge on any atom is 0.254 e. The van der Waals surface area contributed by atoms with Crippen LogP contribution in [0.5, 0.6) is 0 Å². The third-order valence-electron chi connectivity index (χ3n) is 3.96. The highest BCUT2D eigenvalue weighted by atomic mass is 79.9. The smallest absolute Gasteiger partial charge is 0.254 e. The molecule has 0 aliphatic carbocycles. The molecule has 0 spiro atoms. The quantitative estimate of drug-likeness (QED) is 0.666. The first-order valence-electron chi connectivity index (χ1n) is 8.39. The van der Waals surface area contributed by atoms with Crippen LogP contribution in [0.15, 0.2) is 63.9 Å². The molecule has 0 atom stereocenters. The number of anilines is 1. The van der Waals surface area contributed by atoms with E-state index in [1.54, 1.807) is 6.07 Å². The first kappa shape index (κ1) is 19.0. The van der Waals surface area contributed by atoms with Gasteiger partial charge in [-0.3, -0.25) is 14.2 Å². The summed E-state index contributed by atoms with van der Waals surface area (Å²) in [6, 6.07) is 14.9. The number of halogens is 2. The van der Waals surface area contributed by atoms with Gasteiger partial charge in [0.05, 0.1) is 5.69 Å². The summed E-state index contributed by atoms with van der Waals surface area (Å²) in [6.45, 7) is 1.64. The van der Waals surface area contributed by atoms with Crippen LogP contribution in [0.3, 0.4) is 0 Å². The average molecular weight is 430 g/mol. The zero-order valence-electron chi connectivity index (χ0n) is 14.6. The number of nitrogens with one attached hydrogen (secondary N) is 1. The SMILES string of the molecule is CCc1cc(=O)n(CC(=O)Nc2ccc(Br)cc2F)c(-c2ccccc2)n1. The molecule has 1 aromatic heterocycles. The second-order valence-corrected chi connectivity index (χ2v) is 6.80. The summed E-state index contributed by atoms with van der Waals surface area (Å²) < 4.78 is 15.8. The lowest BCUT2D eigenvalue weighted by Crippen LogP contribution is -2.30. The van der Waals surface area contributed by atoms with Gasteiger partial charge in [-0.2, -0.15) is 0 Å². The Hall–Kier alpha value is -2.80. The summed E-state index contributed by atoms with van der Waals surface area (Å²) in [4.78, 5) is 29.5. The zero-order chi connectivity index (χ0) is 19.4. The highest BCUT2D eigenvalue weighted by Gasteiger charge is 2.15. The largest absolute Gasteiger partial charge is 0.322 e. The van der Waals surface area contributed by atoms with Crippen LogP contribution >= 0.6 is 15.9 Å². The van der Waals surface area contributed by atoms with Crippen LogP contribution in [0, 0.1) is 5.82 Å². The van der Waals surface area contributed by atoms with Gasteiger partial charge in [-0.15, -0.1) is 0 Å². The molecule has 1 heterocycles. The third kappa shape index (κ3) is 4.49. The van der Waals surface area contributed by atoms with E-state index in [9.17, 15) is 14.0 Å². The van der Waals surface area contributed by atoms with E-state index in [-0.39, 0.29) is 17.8 Å². The van der Waals surface area contributed by atoms with Crippen molar-refractivity contribution >= 4 is 27.5 Å². The topological polar surface area (TPSA) is 64.0 Å². The molecule has 2 aromatic carbocycles. The first-order valence-corrected chi connectivity index (χ1v) is 9.18. The summed E-state index contributed by atoms with van der Waals surface area (Å²) in [5.41, 5.74) is 1.10. The molecule has 0 aliphatic rings.